The standard InChI is InChI=1S/C22H19N3/c1-14-2-10-20(18-9-11-21-19(12-18)13-23-25-21)22(24-14)17-7-5-16(6-8-17)15-3-4-15/h2,5-13,15H,3-4H2,1H3,(H,23,25). The molecule has 0 bridgehead atoms. The van der Waals surface area contributed by atoms with E-state index in [4.69, 9.17) is 4.98 Å². The summed E-state index contributed by atoms with van der Waals surface area (Å²) in [5.74, 6) is 0.780. The molecule has 3 nitrogen and oxygen atoms in total. The van der Waals surface area contributed by atoms with Crippen molar-refractivity contribution in [2.24, 2.45) is 0 Å². The number of aromatic amines is 1. The molecule has 122 valence electrons. The zero-order valence-electron chi connectivity index (χ0n) is 14.2. The maximum absolute atomic E-state index is 4.85. The van der Waals surface area contributed by atoms with Crippen molar-refractivity contribution in [1.82, 2.24) is 15.2 Å². The van der Waals surface area contributed by atoms with E-state index in [0.717, 1.165) is 33.8 Å². The summed E-state index contributed by atoms with van der Waals surface area (Å²) in [4.78, 5) is 4.85. The highest BCUT2D eigenvalue weighted by Gasteiger charge is 2.23. The molecular formula is C22H19N3. The second-order valence-electron chi connectivity index (χ2n) is 6.92. The number of fused-ring (bicyclic) bond motifs is 1. The number of pyridine rings is 1. The average Bonchev–Trinajstić information content (AvgIpc) is 3.39. The van der Waals surface area contributed by atoms with E-state index in [2.05, 4.69) is 64.8 Å². The number of nitrogens with one attached hydrogen (secondary N) is 1. The van der Waals surface area contributed by atoms with Crippen LogP contribution in [0.5, 0.6) is 0 Å². The van der Waals surface area contributed by atoms with E-state index >= 15 is 0 Å². The van der Waals surface area contributed by atoms with E-state index in [9.17, 15) is 0 Å². The molecule has 2 aromatic carbocycles. The van der Waals surface area contributed by atoms with Crippen molar-refractivity contribution >= 4 is 10.9 Å². The Kier molecular flexibility index (Phi) is 3.20. The minimum atomic E-state index is 0.780. The van der Waals surface area contributed by atoms with Crippen LogP contribution < -0.4 is 0 Å². The van der Waals surface area contributed by atoms with Gasteiger partial charge in [-0.3, -0.25) is 10.1 Å². The summed E-state index contributed by atoms with van der Waals surface area (Å²) in [6.45, 7) is 2.05. The first kappa shape index (κ1) is 14.4. The third kappa shape index (κ3) is 2.62. The minimum Gasteiger partial charge on any atom is -0.278 e. The first-order chi connectivity index (χ1) is 12.3. The smallest absolute Gasteiger partial charge is 0.0783 e. The first-order valence-electron chi connectivity index (χ1n) is 8.79. The molecule has 3 heteroatoms. The Morgan fingerprint density at radius 3 is 2.52 bits per heavy atom. The predicted molar refractivity (Wildman–Crippen MR) is 101 cm³/mol. The lowest BCUT2D eigenvalue weighted by atomic mass is 9.97. The second kappa shape index (κ2) is 5.55. The number of benzene rings is 2. The van der Waals surface area contributed by atoms with Gasteiger partial charge in [0, 0.05) is 22.2 Å². The first-order valence-corrected chi connectivity index (χ1v) is 8.79. The normalized spacial score (nSPS) is 14.1. The molecule has 1 aliphatic carbocycles. The van der Waals surface area contributed by atoms with Crippen LogP contribution in [0.4, 0.5) is 0 Å². The summed E-state index contributed by atoms with van der Waals surface area (Å²) in [5.41, 5.74) is 8.10. The Hall–Kier alpha value is -2.94. The molecular weight excluding hydrogens is 306 g/mol. The van der Waals surface area contributed by atoms with Gasteiger partial charge in [-0.2, -0.15) is 5.10 Å². The summed E-state index contributed by atoms with van der Waals surface area (Å²) in [7, 11) is 0. The van der Waals surface area contributed by atoms with Gasteiger partial charge in [-0.1, -0.05) is 36.4 Å². The van der Waals surface area contributed by atoms with Crippen LogP contribution in [0.2, 0.25) is 0 Å². The zero-order valence-corrected chi connectivity index (χ0v) is 14.2. The van der Waals surface area contributed by atoms with E-state index in [-0.39, 0.29) is 0 Å². The van der Waals surface area contributed by atoms with Crippen LogP contribution >= 0.6 is 0 Å². The van der Waals surface area contributed by atoms with Crippen LogP contribution in [0.1, 0.15) is 30.0 Å². The van der Waals surface area contributed by atoms with E-state index < -0.39 is 0 Å². The van der Waals surface area contributed by atoms with Gasteiger partial charge in [0.2, 0.25) is 0 Å². The fourth-order valence-corrected chi connectivity index (χ4v) is 3.45. The molecule has 2 aromatic heterocycles. The van der Waals surface area contributed by atoms with Crippen molar-refractivity contribution in [2.75, 3.05) is 0 Å². The lowest BCUT2D eigenvalue weighted by molar-refractivity contribution is 1.12. The van der Waals surface area contributed by atoms with Gasteiger partial charge in [-0.25, -0.2) is 0 Å². The van der Waals surface area contributed by atoms with Crippen molar-refractivity contribution in [2.45, 2.75) is 25.7 Å². The van der Waals surface area contributed by atoms with Gasteiger partial charge in [0.15, 0.2) is 0 Å². The largest absolute Gasteiger partial charge is 0.278 e. The van der Waals surface area contributed by atoms with Gasteiger partial charge in [0.25, 0.3) is 0 Å². The second-order valence-corrected chi connectivity index (χ2v) is 6.92. The molecule has 0 spiro atoms. The molecule has 25 heavy (non-hydrogen) atoms. The van der Waals surface area contributed by atoms with Gasteiger partial charge in [0.1, 0.15) is 0 Å². The monoisotopic (exact) mass is 325 g/mol. The summed E-state index contributed by atoms with van der Waals surface area (Å²) in [6.07, 6.45) is 4.53. The van der Waals surface area contributed by atoms with Crippen LogP contribution in [-0.4, -0.2) is 15.2 Å². The summed E-state index contributed by atoms with van der Waals surface area (Å²) < 4.78 is 0. The van der Waals surface area contributed by atoms with E-state index in [1.165, 1.54) is 29.5 Å². The van der Waals surface area contributed by atoms with Crippen molar-refractivity contribution in [3.8, 4) is 22.4 Å². The number of aromatic nitrogens is 3. The molecule has 1 fully saturated rings. The summed E-state index contributed by atoms with van der Waals surface area (Å²) in [5, 5.41) is 8.25. The van der Waals surface area contributed by atoms with Crippen molar-refractivity contribution in [3.63, 3.8) is 0 Å². The van der Waals surface area contributed by atoms with Gasteiger partial charge in [0.05, 0.1) is 17.4 Å². The Morgan fingerprint density at radius 1 is 0.920 bits per heavy atom. The number of H-pyrrole nitrogens is 1. The number of rotatable bonds is 3. The maximum Gasteiger partial charge on any atom is 0.0783 e. The van der Waals surface area contributed by atoms with Crippen molar-refractivity contribution < 1.29 is 0 Å². The van der Waals surface area contributed by atoms with E-state index in [0.29, 0.717) is 0 Å². The molecule has 0 amide bonds. The lowest BCUT2D eigenvalue weighted by Crippen LogP contribution is -1.92. The van der Waals surface area contributed by atoms with Gasteiger partial charge < -0.3 is 0 Å². The molecule has 0 atom stereocenters. The molecule has 0 saturated heterocycles. The third-order valence-electron chi connectivity index (χ3n) is 5.02. The SMILES string of the molecule is Cc1ccc(-c2ccc3[nH]ncc3c2)c(-c2ccc(C3CC3)cc2)n1. The molecule has 0 radical (unpaired) electrons. The van der Waals surface area contributed by atoms with Crippen molar-refractivity contribution in [1.29, 1.82) is 0 Å². The summed E-state index contributed by atoms with van der Waals surface area (Å²) in [6, 6.07) is 19.6. The van der Waals surface area contributed by atoms with Crippen LogP contribution in [0.15, 0.2) is 60.8 Å². The molecule has 2 heterocycles. The Balaban J connectivity index is 1.64. The number of aryl methyl sites for hydroxylation is 1. The van der Waals surface area contributed by atoms with Gasteiger partial charge in [-0.15, -0.1) is 0 Å². The average molecular weight is 325 g/mol. The zero-order chi connectivity index (χ0) is 16.8. The molecule has 1 saturated carbocycles. The summed E-state index contributed by atoms with van der Waals surface area (Å²) >= 11 is 0. The molecule has 1 N–H and O–H groups in total. The topological polar surface area (TPSA) is 41.6 Å². The lowest BCUT2D eigenvalue weighted by Gasteiger charge is -2.11. The molecule has 1 aliphatic rings. The van der Waals surface area contributed by atoms with Gasteiger partial charge in [-0.05, 0) is 55.0 Å². The number of hydrogen-bond acceptors (Lipinski definition) is 2. The van der Waals surface area contributed by atoms with E-state index in [1.54, 1.807) is 0 Å². The van der Waals surface area contributed by atoms with Crippen LogP contribution in [-0.2, 0) is 0 Å². The van der Waals surface area contributed by atoms with Crippen LogP contribution in [0, 0.1) is 6.92 Å². The number of hydrogen-bond donors (Lipinski definition) is 1. The van der Waals surface area contributed by atoms with Crippen molar-refractivity contribution in [3.05, 3.63) is 72.1 Å². The Bertz CT molecular complexity index is 1060. The molecule has 5 rings (SSSR count). The maximum atomic E-state index is 4.85. The fraction of sp³-hybridized carbons (Fsp3) is 0.182. The third-order valence-corrected chi connectivity index (χ3v) is 5.02. The number of nitrogens with zero attached hydrogens (tertiary/aromatic N) is 2. The highest BCUT2D eigenvalue weighted by atomic mass is 15.1. The van der Waals surface area contributed by atoms with Crippen LogP contribution in [0.3, 0.4) is 0 Å². The Labute approximate surface area is 146 Å². The highest BCUT2D eigenvalue weighted by Crippen LogP contribution is 2.41. The molecule has 0 aliphatic heterocycles. The Morgan fingerprint density at radius 2 is 1.72 bits per heavy atom. The predicted octanol–water partition coefficient (Wildman–Crippen LogP) is 5.48. The quantitative estimate of drug-likeness (QED) is 0.542. The highest BCUT2D eigenvalue weighted by molar-refractivity contribution is 5.88. The molecule has 4 aromatic rings. The minimum absolute atomic E-state index is 0.780. The molecule has 0 unspecified atom stereocenters. The van der Waals surface area contributed by atoms with Gasteiger partial charge >= 0.3 is 0 Å². The van der Waals surface area contributed by atoms with E-state index in [1.807, 2.05) is 13.1 Å². The fourth-order valence-electron chi connectivity index (χ4n) is 3.45. The van der Waals surface area contributed by atoms with Crippen LogP contribution in [0.25, 0.3) is 33.3 Å².